The van der Waals surface area contributed by atoms with Crippen molar-refractivity contribution in [2.45, 2.75) is 45.4 Å². The maximum Gasteiger partial charge on any atom is 0.139 e. The molecule has 0 spiro atoms. The summed E-state index contributed by atoms with van der Waals surface area (Å²) in [6.45, 7) is 2.13. The van der Waals surface area contributed by atoms with Gasteiger partial charge in [-0.25, -0.2) is 0 Å². The molecule has 0 saturated carbocycles. The van der Waals surface area contributed by atoms with Crippen molar-refractivity contribution in [1.82, 2.24) is 0 Å². The fourth-order valence-electron chi connectivity index (χ4n) is 0.944. The van der Waals surface area contributed by atoms with Gasteiger partial charge in [0, 0.05) is 6.42 Å². The maximum absolute atomic E-state index is 10.8. The number of rotatable bonds is 7. The van der Waals surface area contributed by atoms with Gasteiger partial charge in [0.15, 0.2) is 0 Å². The molecule has 0 heterocycles. The predicted molar refractivity (Wildman–Crippen MR) is 44.4 cm³/mol. The first-order chi connectivity index (χ1) is 5.31. The van der Waals surface area contributed by atoms with Gasteiger partial charge in [-0.2, -0.15) is 0 Å². The van der Waals surface area contributed by atoms with Crippen LogP contribution in [-0.2, 0) is 9.59 Å². The van der Waals surface area contributed by atoms with Crippen molar-refractivity contribution in [3.63, 3.8) is 0 Å². The molecule has 0 aliphatic heterocycles. The zero-order valence-electron chi connectivity index (χ0n) is 7.14. The molecule has 0 fully saturated rings. The summed E-state index contributed by atoms with van der Waals surface area (Å²) in [5.74, 6) is 0.0797. The van der Waals surface area contributed by atoms with Gasteiger partial charge in [0.05, 0.1) is 6.42 Å². The van der Waals surface area contributed by atoms with Crippen LogP contribution in [0, 0.1) is 0 Å². The minimum absolute atomic E-state index is 0.0797. The van der Waals surface area contributed by atoms with E-state index < -0.39 is 0 Å². The second-order valence-corrected chi connectivity index (χ2v) is 2.72. The Balaban J connectivity index is 3.10. The first-order valence-electron chi connectivity index (χ1n) is 4.26. The van der Waals surface area contributed by atoms with Gasteiger partial charge in [0.1, 0.15) is 12.1 Å². The van der Waals surface area contributed by atoms with Crippen molar-refractivity contribution >= 4 is 12.1 Å². The van der Waals surface area contributed by atoms with Crippen LogP contribution in [0.3, 0.4) is 0 Å². The quantitative estimate of drug-likeness (QED) is 0.321. The lowest BCUT2D eigenvalue weighted by Crippen LogP contribution is -1.97. The van der Waals surface area contributed by atoms with Gasteiger partial charge in [-0.1, -0.05) is 26.2 Å². The first-order valence-corrected chi connectivity index (χ1v) is 4.26. The van der Waals surface area contributed by atoms with Crippen molar-refractivity contribution in [2.24, 2.45) is 0 Å². The van der Waals surface area contributed by atoms with E-state index in [4.69, 9.17) is 0 Å². The molecule has 0 aliphatic carbocycles. The normalized spacial score (nSPS) is 9.55. The summed E-state index contributed by atoms with van der Waals surface area (Å²) in [6.07, 6.45) is 5.80. The van der Waals surface area contributed by atoms with E-state index in [9.17, 15) is 9.59 Å². The van der Waals surface area contributed by atoms with E-state index in [1.165, 1.54) is 12.8 Å². The van der Waals surface area contributed by atoms with Gasteiger partial charge in [0.2, 0.25) is 0 Å². The molecule has 0 aliphatic rings. The summed E-state index contributed by atoms with van der Waals surface area (Å²) in [7, 11) is 0. The van der Waals surface area contributed by atoms with Crippen molar-refractivity contribution in [2.75, 3.05) is 0 Å². The molecule has 0 saturated heterocycles. The summed E-state index contributed by atoms with van der Waals surface area (Å²) in [5, 5.41) is 0. The molecule has 0 radical (unpaired) electrons. The van der Waals surface area contributed by atoms with Gasteiger partial charge in [0.25, 0.3) is 0 Å². The van der Waals surface area contributed by atoms with Crippen molar-refractivity contribution in [3.8, 4) is 0 Å². The van der Waals surface area contributed by atoms with Crippen molar-refractivity contribution < 1.29 is 9.59 Å². The third-order valence-corrected chi connectivity index (χ3v) is 1.62. The summed E-state index contributed by atoms with van der Waals surface area (Å²) in [6, 6.07) is 0. The van der Waals surface area contributed by atoms with E-state index in [-0.39, 0.29) is 12.2 Å². The van der Waals surface area contributed by atoms with Crippen LogP contribution < -0.4 is 0 Å². The molecule has 0 aromatic rings. The third kappa shape index (κ3) is 7.23. The Bertz CT molecular complexity index is 119. The second kappa shape index (κ2) is 7.45. The molecular weight excluding hydrogens is 140 g/mol. The minimum Gasteiger partial charge on any atom is -0.303 e. The zero-order valence-corrected chi connectivity index (χ0v) is 7.14. The van der Waals surface area contributed by atoms with Crippen molar-refractivity contribution in [1.29, 1.82) is 0 Å². The third-order valence-electron chi connectivity index (χ3n) is 1.62. The summed E-state index contributed by atoms with van der Waals surface area (Å²) >= 11 is 0. The molecule has 0 N–H and O–H groups in total. The van der Waals surface area contributed by atoms with Crippen LogP contribution in [0.25, 0.3) is 0 Å². The Kier molecular flexibility index (Phi) is 7.00. The topological polar surface area (TPSA) is 34.1 Å². The van der Waals surface area contributed by atoms with Crippen LogP contribution in [0.4, 0.5) is 0 Å². The van der Waals surface area contributed by atoms with E-state index in [2.05, 4.69) is 6.92 Å². The molecule has 0 atom stereocenters. The smallest absolute Gasteiger partial charge is 0.139 e. The lowest BCUT2D eigenvalue weighted by molar-refractivity contribution is -0.122. The molecule has 0 bridgehead atoms. The fraction of sp³-hybridized carbons (Fsp3) is 0.778. The second-order valence-electron chi connectivity index (χ2n) is 2.72. The van der Waals surface area contributed by atoms with Crippen LogP contribution in [0.15, 0.2) is 0 Å². The number of carbonyl (C=O) groups is 2. The van der Waals surface area contributed by atoms with Crippen LogP contribution in [-0.4, -0.2) is 12.1 Å². The minimum atomic E-state index is 0.0797. The summed E-state index contributed by atoms with van der Waals surface area (Å²) in [5.41, 5.74) is 0. The highest BCUT2D eigenvalue weighted by atomic mass is 16.1. The molecule has 64 valence electrons. The average Bonchev–Trinajstić information content (AvgIpc) is 1.99. The number of aldehydes is 1. The predicted octanol–water partition coefficient (Wildman–Crippen LogP) is 2.11. The van der Waals surface area contributed by atoms with Crippen molar-refractivity contribution in [3.05, 3.63) is 0 Å². The zero-order chi connectivity index (χ0) is 8.53. The average molecular weight is 156 g/mol. The Hall–Kier alpha value is -0.660. The molecule has 2 nitrogen and oxygen atoms in total. The molecule has 0 unspecified atom stereocenters. The van der Waals surface area contributed by atoms with Crippen LogP contribution in [0.1, 0.15) is 45.4 Å². The Morgan fingerprint density at radius 2 is 2.00 bits per heavy atom. The molecule has 0 aromatic carbocycles. The molecule has 0 aromatic heterocycles. The van der Waals surface area contributed by atoms with E-state index in [0.29, 0.717) is 12.7 Å². The summed E-state index contributed by atoms with van der Waals surface area (Å²) in [4.78, 5) is 20.7. The van der Waals surface area contributed by atoms with E-state index in [0.717, 1.165) is 12.8 Å². The Morgan fingerprint density at radius 1 is 1.27 bits per heavy atom. The van der Waals surface area contributed by atoms with Gasteiger partial charge in [-0.15, -0.1) is 0 Å². The number of hydrogen-bond acceptors (Lipinski definition) is 2. The van der Waals surface area contributed by atoms with Gasteiger partial charge in [-0.3, -0.25) is 4.79 Å². The first kappa shape index (κ1) is 10.3. The summed E-state index contributed by atoms with van der Waals surface area (Å²) < 4.78 is 0. The van der Waals surface area contributed by atoms with Crippen LogP contribution in [0.2, 0.25) is 0 Å². The number of ketones is 1. The fourth-order valence-corrected chi connectivity index (χ4v) is 0.944. The molecule has 0 rings (SSSR count). The van der Waals surface area contributed by atoms with E-state index in [1.807, 2.05) is 0 Å². The Labute approximate surface area is 68.0 Å². The SMILES string of the molecule is CCCCCCC(=O)CC=O. The van der Waals surface area contributed by atoms with Crippen LogP contribution in [0.5, 0.6) is 0 Å². The number of Topliss-reactive ketones (excluding diaryl/α,β-unsaturated/α-hetero) is 1. The number of unbranched alkanes of at least 4 members (excludes halogenated alkanes) is 3. The lowest BCUT2D eigenvalue weighted by Gasteiger charge is -1.95. The highest BCUT2D eigenvalue weighted by Gasteiger charge is 1.98. The molecular formula is C9H16O2. The van der Waals surface area contributed by atoms with E-state index in [1.54, 1.807) is 0 Å². The molecule has 11 heavy (non-hydrogen) atoms. The van der Waals surface area contributed by atoms with E-state index >= 15 is 0 Å². The molecule has 0 amide bonds. The monoisotopic (exact) mass is 156 g/mol. The number of carbonyl (C=O) groups excluding carboxylic acids is 2. The van der Waals surface area contributed by atoms with Crippen LogP contribution >= 0.6 is 0 Å². The Morgan fingerprint density at radius 3 is 2.55 bits per heavy atom. The van der Waals surface area contributed by atoms with Gasteiger partial charge < -0.3 is 4.79 Å². The maximum atomic E-state index is 10.8. The highest BCUT2D eigenvalue weighted by molar-refractivity contribution is 5.89. The number of hydrogen-bond donors (Lipinski definition) is 0. The van der Waals surface area contributed by atoms with Gasteiger partial charge in [-0.05, 0) is 6.42 Å². The van der Waals surface area contributed by atoms with Gasteiger partial charge >= 0.3 is 0 Å². The highest BCUT2D eigenvalue weighted by Crippen LogP contribution is 2.03. The lowest BCUT2D eigenvalue weighted by atomic mass is 10.1. The molecule has 2 heteroatoms. The standard InChI is InChI=1S/C9H16O2/c1-2-3-4-5-6-9(11)7-8-10/h8H,2-7H2,1H3. The largest absolute Gasteiger partial charge is 0.303 e.